The number of fused-ring (bicyclic) bond motifs is 1. The summed E-state index contributed by atoms with van der Waals surface area (Å²) in [6.07, 6.45) is 3.96. The second kappa shape index (κ2) is 10.1. The zero-order chi connectivity index (χ0) is 25.9. The maximum Gasteiger partial charge on any atom is 0.271 e. The first-order valence-corrected chi connectivity index (χ1v) is 11.8. The number of ether oxygens (including phenoxy) is 1. The quantitative estimate of drug-likeness (QED) is 0.206. The van der Waals surface area contributed by atoms with Crippen LogP contribution in [0.3, 0.4) is 0 Å². The number of para-hydroxylation sites is 2. The number of benzene rings is 2. The fourth-order valence-corrected chi connectivity index (χ4v) is 4.35. The van der Waals surface area contributed by atoms with Gasteiger partial charge in [-0.05, 0) is 49.3 Å². The first kappa shape index (κ1) is 24.0. The van der Waals surface area contributed by atoms with E-state index in [0.29, 0.717) is 35.6 Å². The third kappa shape index (κ3) is 4.48. The normalized spacial score (nSPS) is 15.2. The molecule has 0 radical (unpaired) electrons. The van der Waals surface area contributed by atoms with Gasteiger partial charge in [0.05, 0.1) is 5.69 Å². The number of amides is 2. The molecule has 0 spiro atoms. The third-order valence-corrected chi connectivity index (χ3v) is 6.28. The monoisotopic (exact) mass is 492 g/mol. The fraction of sp³-hybridized carbons (Fsp3) is 0.172. The molecule has 37 heavy (non-hydrogen) atoms. The lowest BCUT2D eigenvalue weighted by Crippen LogP contribution is -2.43. The second-order valence-corrected chi connectivity index (χ2v) is 8.64. The highest BCUT2D eigenvalue weighted by atomic mass is 16.5. The van der Waals surface area contributed by atoms with Crippen molar-refractivity contribution in [2.24, 2.45) is 0 Å². The largest absolute Gasteiger partial charge is 0.454 e. The van der Waals surface area contributed by atoms with Crippen LogP contribution in [-0.4, -0.2) is 46.8 Å². The van der Waals surface area contributed by atoms with Gasteiger partial charge in [0.1, 0.15) is 22.9 Å². The zero-order valence-corrected chi connectivity index (χ0v) is 20.5. The van der Waals surface area contributed by atoms with Gasteiger partial charge in [-0.1, -0.05) is 36.4 Å². The Labute approximate surface area is 213 Å². The smallest absolute Gasteiger partial charge is 0.271 e. The van der Waals surface area contributed by atoms with Crippen LogP contribution in [0.4, 0.5) is 0 Å². The van der Waals surface area contributed by atoms with Gasteiger partial charge >= 0.3 is 0 Å². The molecule has 0 bridgehead atoms. The number of nitriles is 1. The molecule has 1 aliphatic heterocycles. The maximum absolute atomic E-state index is 13.5. The molecule has 2 aromatic heterocycles. The summed E-state index contributed by atoms with van der Waals surface area (Å²) in [7, 11) is 1.56. The molecule has 5 rings (SSSR count). The van der Waals surface area contributed by atoms with Crippen molar-refractivity contribution in [2.75, 3.05) is 20.3 Å². The minimum absolute atomic E-state index is 0.0518. The number of methoxy groups -OCH3 is 1. The molecular weight excluding hydrogens is 468 g/mol. The summed E-state index contributed by atoms with van der Waals surface area (Å²) >= 11 is 0. The summed E-state index contributed by atoms with van der Waals surface area (Å²) in [5.41, 5.74) is 3.26. The topological polar surface area (TPSA) is 101 Å². The maximum atomic E-state index is 13.5. The van der Waals surface area contributed by atoms with Gasteiger partial charge in [-0.15, -0.1) is 0 Å². The van der Waals surface area contributed by atoms with E-state index in [1.54, 1.807) is 24.8 Å². The number of nitrogens with zero attached hydrogens (tertiary/aromatic N) is 4. The molecule has 0 saturated heterocycles. The van der Waals surface area contributed by atoms with E-state index in [2.05, 4.69) is 0 Å². The number of furan rings is 1. The van der Waals surface area contributed by atoms with Gasteiger partial charge in [0, 0.05) is 43.0 Å². The lowest BCUT2D eigenvalue weighted by atomic mass is 9.93. The first-order chi connectivity index (χ1) is 18.0. The van der Waals surface area contributed by atoms with Crippen molar-refractivity contribution >= 4 is 28.9 Å². The molecule has 0 atom stereocenters. The Kier molecular flexibility index (Phi) is 6.54. The van der Waals surface area contributed by atoms with Gasteiger partial charge in [-0.2, -0.15) is 10.4 Å². The van der Waals surface area contributed by atoms with Crippen LogP contribution in [0, 0.1) is 11.3 Å². The molecule has 2 amide bonds. The fourth-order valence-electron chi connectivity index (χ4n) is 4.35. The van der Waals surface area contributed by atoms with E-state index in [1.807, 2.05) is 72.9 Å². The molecule has 8 heteroatoms. The molecule has 0 fully saturated rings. The van der Waals surface area contributed by atoms with Crippen LogP contribution >= 0.6 is 0 Å². The van der Waals surface area contributed by atoms with Crippen LogP contribution in [0.25, 0.3) is 34.2 Å². The van der Waals surface area contributed by atoms with Crippen molar-refractivity contribution in [3.63, 3.8) is 0 Å². The highest BCUT2D eigenvalue weighted by Gasteiger charge is 2.35. The van der Waals surface area contributed by atoms with Crippen molar-refractivity contribution in [1.29, 1.82) is 5.26 Å². The van der Waals surface area contributed by atoms with Gasteiger partial charge in [-0.3, -0.25) is 14.5 Å². The zero-order valence-electron chi connectivity index (χ0n) is 20.5. The van der Waals surface area contributed by atoms with E-state index in [0.717, 1.165) is 21.6 Å². The van der Waals surface area contributed by atoms with E-state index in [4.69, 9.17) is 14.3 Å². The predicted molar refractivity (Wildman–Crippen MR) is 138 cm³/mol. The number of carbonyl (C=O) groups excluding carboxylic acids is 2. The van der Waals surface area contributed by atoms with Crippen molar-refractivity contribution in [2.45, 2.75) is 13.3 Å². The van der Waals surface area contributed by atoms with E-state index in [-0.39, 0.29) is 17.7 Å². The van der Waals surface area contributed by atoms with E-state index < -0.39 is 11.8 Å². The number of hydrogen-bond donors (Lipinski definition) is 0. The number of rotatable bonds is 7. The molecular formula is C29H24N4O4. The summed E-state index contributed by atoms with van der Waals surface area (Å²) in [6, 6.07) is 21.1. The Morgan fingerprint density at radius 3 is 2.57 bits per heavy atom. The van der Waals surface area contributed by atoms with Gasteiger partial charge < -0.3 is 9.15 Å². The van der Waals surface area contributed by atoms with E-state index in [1.165, 1.54) is 0 Å². The molecule has 3 heterocycles. The Morgan fingerprint density at radius 2 is 1.84 bits per heavy atom. The lowest BCUT2D eigenvalue weighted by Gasteiger charge is -2.27. The summed E-state index contributed by atoms with van der Waals surface area (Å²) in [6.45, 7) is 2.16. The third-order valence-electron chi connectivity index (χ3n) is 6.28. The van der Waals surface area contributed by atoms with Gasteiger partial charge in [-0.25, -0.2) is 4.68 Å². The number of aromatic nitrogens is 2. The van der Waals surface area contributed by atoms with E-state index in [9.17, 15) is 14.9 Å². The second-order valence-electron chi connectivity index (χ2n) is 8.64. The van der Waals surface area contributed by atoms with Crippen LogP contribution in [-0.2, 0) is 14.3 Å². The Morgan fingerprint density at radius 1 is 1.08 bits per heavy atom. The SMILES string of the molecule is COCCCN1C(=O)C(C#N)=C(C)/C(=C\c2cn(-c3ccccc3)nc2-c2cc3ccccc3o2)C1=O. The average molecular weight is 493 g/mol. The molecule has 0 aliphatic carbocycles. The highest BCUT2D eigenvalue weighted by Crippen LogP contribution is 2.33. The van der Waals surface area contributed by atoms with E-state index >= 15 is 0 Å². The summed E-state index contributed by atoms with van der Waals surface area (Å²) in [5.74, 6) is -0.502. The van der Waals surface area contributed by atoms with Crippen molar-refractivity contribution in [3.8, 4) is 23.2 Å². The molecule has 0 N–H and O–H groups in total. The number of carbonyl (C=O) groups is 2. The minimum Gasteiger partial charge on any atom is -0.454 e. The molecule has 8 nitrogen and oxygen atoms in total. The predicted octanol–water partition coefficient (Wildman–Crippen LogP) is 4.91. The Hall–Kier alpha value is -4.74. The molecule has 0 saturated carbocycles. The molecule has 0 unspecified atom stereocenters. The molecule has 4 aromatic rings. The summed E-state index contributed by atoms with van der Waals surface area (Å²) in [5, 5.41) is 15.4. The standard InChI is InChI=1S/C29H24N4O4/c1-19-23(28(34)32(13-8-14-36-2)29(35)24(19)17-30)15-21-18-33(22-10-4-3-5-11-22)31-27(21)26-16-20-9-6-7-12-25(20)37-26/h3-7,9-12,15-16,18H,8,13-14H2,1-2H3/b23-15+. The van der Waals surface area contributed by atoms with Crippen molar-refractivity contribution in [1.82, 2.24) is 14.7 Å². The van der Waals surface area contributed by atoms with Crippen molar-refractivity contribution < 1.29 is 18.7 Å². The Balaban J connectivity index is 1.66. The highest BCUT2D eigenvalue weighted by molar-refractivity contribution is 6.19. The van der Waals surface area contributed by atoms with Crippen LogP contribution in [0.5, 0.6) is 0 Å². The number of imide groups is 1. The molecule has 2 aromatic carbocycles. The van der Waals surface area contributed by atoms with Crippen LogP contribution in [0.1, 0.15) is 18.9 Å². The average Bonchev–Trinajstić information content (AvgIpc) is 3.53. The number of hydrogen-bond acceptors (Lipinski definition) is 6. The van der Waals surface area contributed by atoms with Crippen LogP contribution < -0.4 is 0 Å². The Bertz CT molecular complexity index is 1570. The molecule has 184 valence electrons. The van der Waals surface area contributed by atoms with Gasteiger partial charge in [0.25, 0.3) is 11.8 Å². The van der Waals surface area contributed by atoms with Gasteiger partial charge in [0.15, 0.2) is 5.76 Å². The summed E-state index contributed by atoms with van der Waals surface area (Å²) < 4.78 is 12.9. The summed E-state index contributed by atoms with van der Waals surface area (Å²) in [4.78, 5) is 27.5. The first-order valence-electron chi connectivity index (χ1n) is 11.8. The lowest BCUT2D eigenvalue weighted by molar-refractivity contribution is -0.140. The minimum atomic E-state index is -0.587. The van der Waals surface area contributed by atoms with Crippen LogP contribution in [0.15, 0.2) is 88.0 Å². The molecule has 1 aliphatic rings. The van der Waals surface area contributed by atoms with Crippen molar-refractivity contribution in [3.05, 3.63) is 89.1 Å². The van der Waals surface area contributed by atoms with Crippen LogP contribution in [0.2, 0.25) is 0 Å². The van der Waals surface area contributed by atoms with Gasteiger partial charge in [0.2, 0.25) is 0 Å².